The summed E-state index contributed by atoms with van der Waals surface area (Å²) >= 11 is 0. The zero-order valence-corrected chi connectivity index (χ0v) is 15.7. The maximum Gasteiger partial charge on any atom is 0.228 e. The zero-order chi connectivity index (χ0) is 18.6. The number of hydrogen-bond acceptors (Lipinski definition) is 3. The number of nitrogens with zero attached hydrogens (tertiary/aromatic N) is 1. The smallest absolute Gasteiger partial charge is 0.228 e. The number of nitrogens with one attached hydrogen (secondary N) is 1. The van der Waals surface area contributed by atoms with Crippen LogP contribution in [0.15, 0.2) is 54.6 Å². The van der Waals surface area contributed by atoms with E-state index in [9.17, 15) is 13.2 Å². The van der Waals surface area contributed by atoms with E-state index in [2.05, 4.69) is 17.4 Å². The number of piperidine rings is 1. The molecule has 0 aromatic heterocycles. The molecule has 5 nitrogen and oxygen atoms in total. The minimum atomic E-state index is -3.26. The molecule has 1 aliphatic heterocycles. The Kier molecular flexibility index (Phi) is 5.74. The van der Waals surface area contributed by atoms with E-state index in [1.54, 1.807) is 0 Å². The van der Waals surface area contributed by atoms with Gasteiger partial charge in [-0.1, -0.05) is 48.5 Å². The van der Waals surface area contributed by atoms with Crippen LogP contribution in [0.1, 0.15) is 24.0 Å². The fraction of sp³-hybridized carbons (Fsp3) is 0.350. The molecular weight excluding hydrogens is 348 g/mol. The third kappa shape index (κ3) is 4.71. The van der Waals surface area contributed by atoms with E-state index in [1.165, 1.54) is 16.1 Å². The summed E-state index contributed by atoms with van der Waals surface area (Å²) in [6.07, 6.45) is 3.34. The van der Waals surface area contributed by atoms with Gasteiger partial charge in [-0.3, -0.25) is 4.79 Å². The second-order valence-electron chi connectivity index (χ2n) is 6.77. The van der Waals surface area contributed by atoms with Crippen molar-refractivity contribution in [1.82, 2.24) is 4.31 Å². The Morgan fingerprint density at radius 3 is 2.54 bits per heavy atom. The van der Waals surface area contributed by atoms with Crippen molar-refractivity contribution in [2.45, 2.75) is 19.3 Å². The van der Waals surface area contributed by atoms with Gasteiger partial charge in [-0.2, -0.15) is 0 Å². The Hall–Kier alpha value is -2.18. The first-order valence-electron chi connectivity index (χ1n) is 8.81. The second kappa shape index (κ2) is 8.01. The standard InChI is InChI=1S/C20H24N2O3S/c1-26(24,25)22-13-7-11-18(15-22)20(23)21-19-12-6-5-10-17(19)14-16-8-3-2-4-9-16/h2-6,8-10,12,18H,7,11,13-15H2,1H3,(H,21,23)/t18-/m0/s1. The molecule has 2 aromatic carbocycles. The Bertz CT molecular complexity index is 866. The van der Waals surface area contributed by atoms with Gasteiger partial charge >= 0.3 is 0 Å². The molecule has 1 fully saturated rings. The fourth-order valence-electron chi connectivity index (χ4n) is 3.30. The SMILES string of the molecule is CS(=O)(=O)N1CCC[C@H](C(=O)Nc2ccccc2Cc2ccccc2)C1. The monoisotopic (exact) mass is 372 g/mol. The maximum atomic E-state index is 12.7. The van der Waals surface area contributed by atoms with E-state index in [1.807, 2.05) is 42.5 Å². The number of carbonyl (C=O) groups excluding carboxylic acids is 1. The van der Waals surface area contributed by atoms with Crippen LogP contribution in [0, 0.1) is 5.92 Å². The van der Waals surface area contributed by atoms with Crippen LogP contribution in [0.2, 0.25) is 0 Å². The van der Waals surface area contributed by atoms with Crippen molar-refractivity contribution in [3.63, 3.8) is 0 Å². The Balaban J connectivity index is 1.71. The number of rotatable bonds is 5. The molecule has 1 atom stereocenters. The molecule has 3 rings (SSSR count). The summed E-state index contributed by atoms with van der Waals surface area (Å²) < 4.78 is 24.9. The van der Waals surface area contributed by atoms with Crippen molar-refractivity contribution in [3.05, 3.63) is 65.7 Å². The Morgan fingerprint density at radius 1 is 1.12 bits per heavy atom. The summed E-state index contributed by atoms with van der Waals surface area (Å²) in [5.74, 6) is -0.429. The molecule has 0 bridgehead atoms. The third-order valence-electron chi connectivity index (χ3n) is 4.74. The van der Waals surface area contributed by atoms with Crippen LogP contribution in [0.5, 0.6) is 0 Å². The van der Waals surface area contributed by atoms with Crippen LogP contribution in [0.3, 0.4) is 0 Å². The lowest BCUT2D eigenvalue weighted by Crippen LogP contribution is -2.43. The molecule has 1 saturated heterocycles. The number of hydrogen-bond donors (Lipinski definition) is 1. The first kappa shape index (κ1) is 18.6. The average molecular weight is 372 g/mol. The summed E-state index contributed by atoms with van der Waals surface area (Å²) in [4.78, 5) is 12.7. The summed E-state index contributed by atoms with van der Waals surface area (Å²) in [6.45, 7) is 0.749. The maximum absolute atomic E-state index is 12.7. The van der Waals surface area contributed by atoms with Gasteiger partial charge in [-0.15, -0.1) is 0 Å². The van der Waals surface area contributed by atoms with Crippen LogP contribution in [-0.4, -0.2) is 38.0 Å². The summed E-state index contributed by atoms with van der Waals surface area (Å²) in [5.41, 5.74) is 3.01. The Morgan fingerprint density at radius 2 is 1.81 bits per heavy atom. The molecule has 6 heteroatoms. The number of carbonyl (C=O) groups is 1. The van der Waals surface area contributed by atoms with Crippen molar-refractivity contribution in [2.75, 3.05) is 24.7 Å². The molecule has 26 heavy (non-hydrogen) atoms. The first-order chi connectivity index (χ1) is 12.4. The number of para-hydroxylation sites is 1. The van der Waals surface area contributed by atoms with Gasteiger partial charge in [0, 0.05) is 18.8 Å². The molecular formula is C20H24N2O3S. The lowest BCUT2D eigenvalue weighted by molar-refractivity contribution is -0.120. The molecule has 1 heterocycles. The van der Waals surface area contributed by atoms with Crippen LogP contribution in [0.4, 0.5) is 5.69 Å². The summed E-state index contributed by atoms with van der Waals surface area (Å²) in [7, 11) is -3.26. The van der Waals surface area contributed by atoms with Crippen LogP contribution in [-0.2, 0) is 21.2 Å². The molecule has 1 aliphatic rings. The molecule has 0 saturated carbocycles. The highest BCUT2D eigenvalue weighted by Gasteiger charge is 2.30. The molecule has 1 amide bonds. The van der Waals surface area contributed by atoms with Gasteiger partial charge in [0.25, 0.3) is 0 Å². The zero-order valence-electron chi connectivity index (χ0n) is 14.9. The molecule has 0 aliphatic carbocycles. The van der Waals surface area contributed by atoms with E-state index in [0.29, 0.717) is 19.4 Å². The lowest BCUT2D eigenvalue weighted by atomic mass is 9.98. The minimum absolute atomic E-state index is 0.112. The normalized spacial score (nSPS) is 18.4. The van der Waals surface area contributed by atoms with Gasteiger partial charge in [-0.25, -0.2) is 12.7 Å². The predicted molar refractivity (Wildman–Crippen MR) is 103 cm³/mol. The van der Waals surface area contributed by atoms with Gasteiger partial charge in [0.05, 0.1) is 12.2 Å². The van der Waals surface area contributed by atoms with Crippen LogP contribution >= 0.6 is 0 Å². The predicted octanol–water partition coefficient (Wildman–Crippen LogP) is 2.89. The van der Waals surface area contributed by atoms with E-state index < -0.39 is 10.0 Å². The highest BCUT2D eigenvalue weighted by Crippen LogP contribution is 2.23. The van der Waals surface area contributed by atoms with Gasteiger partial charge in [0.1, 0.15) is 0 Å². The minimum Gasteiger partial charge on any atom is -0.326 e. The number of amides is 1. The largest absolute Gasteiger partial charge is 0.326 e. The van der Waals surface area contributed by atoms with Crippen molar-refractivity contribution >= 4 is 21.6 Å². The lowest BCUT2D eigenvalue weighted by Gasteiger charge is -2.30. The molecule has 138 valence electrons. The van der Waals surface area contributed by atoms with Gasteiger partial charge in [-0.05, 0) is 36.5 Å². The number of benzene rings is 2. The third-order valence-corrected chi connectivity index (χ3v) is 6.01. The topological polar surface area (TPSA) is 66.5 Å². The molecule has 2 aromatic rings. The summed E-state index contributed by atoms with van der Waals surface area (Å²) in [6, 6.07) is 17.9. The van der Waals surface area contributed by atoms with Gasteiger partial charge in [0.2, 0.25) is 15.9 Å². The number of anilines is 1. The quantitative estimate of drug-likeness (QED) is 0.878. The highest BCUT2D eigenvalue weighted by molar-refractivity contribution is 7.88. The highest BCUT2D eigenvalue weighted by atomic mass is 32.2. The van der Waals surface area contributed by atoms with E-state index in [-0.39, 0.29) is 18.4 Å². The van der Waals surface area contributed by atoms with Crippen molar-refractivity contribution < 1.29 is 13.2 Å². The van der Waals surface area contributed by atoms with Gasteiger partial charge < -0.3 is 5.32 Å². The average Bonchev–Trinajstić information content (AvgIpc) is 2.63. The van der Waals surface area contributed by atoms with Crippen molar-refractivity contribution in [3.8, 4) is 0 Å². The summed E-state index contributed by atoms with van der Waals surface area (Å²) in [5, 5.41) is 3.01. The second-order valence-corrected chi connectivity index (χ2v) is 8.75. The molecule has 1 N–H and O–H groups in total. The van der Waals surface area contributed by atoms with E-state index in [4.69, 9.17) is 0 Å². The van der Waals surface area contributed by atoms with Crippen molar-refractivity contribution in [2.24, 2.45) is 5.92 Å². The molecule has 0 unspecified atom stereocenters. The molecule has 0 spiro atoms. The fourth-order valence-corrected chi connectivity index (χ4v) is 4.22. The van der Waals surface area contributed by atoms with Gasteiger partial charge in [0.15, 0.2) is 0 Å². The van der Waals surface area contributed by atoms with E-state index in [0.717, 1.165) is 17.7 Å². The Labute approximate surface area is 155 Å². The van der Waals surface area contributed by atoms with E-state index >= 15 is 0 Å². The van der Waals surface area contributed by atoms with Crippen molar-refractivity contribution in [1.29, 1.82) is 0 Å². The first-order valence-corrected chi connectivity index (χ1v) is 10.7. The van der Waals surface area contributed by atoms with Crippen LogP contribution < -0.4 is 5.32 Å². The van der Waals surface area contributed by atoms with Crippen LogP contribution in [0.25, 0.3) is 0 Å². The molecule has 0 radical (unpaired) electrons. The number of sulfonamides is 1.